The van der Waals surface area contributed by atoms with Crippen molar-refractivity contribution in [3.05, 3.63) is 113 Å². The van der Waals surface area contributed by atoms with E-state index in [9.17, 15) is 19.2 Å². The predicted octanol–water partition coefficient (Wildman–Crippen LogP) is 5.67. The van der Waals surface area contributed by atoms with Gasteiger partial charge in [0.15, 0.2) is 0 Å². The van der Waals surface area contributed by atoms with E-state index in [1.807, 2.05) is 30.3 Å². The number of halogens is 1. The molecule has 0 fully saturated rings. The molecule has 1 N–H and O–H groups in total. The van der Waals surface area contributed by atoms with Gasteiger partial charge in [0.2, 0.25) is 0 Å². The first-order valence-electron chi connectivity index (χ1n) is 12.0. The maximum absolute atomic E-state index is 13.1. The number of anilines is 2. The zero-order chi connectivity index (χ0) is 27.5. The van der Waals surface area contributed by atoms with Gasteiger partial charge in [-0.2, -0.15) is 0 Å². The van der Waals surface area contributed by atoms with Gasteiger partial charge in [-0.1, -0.05) is 41.9 Å². The number of hydrogen-bond donors (Lipinski definition) is 1. The lowest BCUT2D eigenvalue weighted by Crippen LogP contribution is -2.32. The Morgan fingerprint density at radius 1 is 0.795 bits per heavy atom. The molecule has 9 heteroatoms. The van der Waals surface area contributed by atoms with Gasteiger partial charge >= 0.3 is 11.9 Å². The third-order valence-electron chi connectivity index (χ3n) is 5.99. The number of amides is 2. The molecule has 0 unspecified atom stereocenters. The van der Waals surface area contributed by atoms with Crippen LogP contribution in [0.3, 0.4) is 0 Å². The largest absolute Gasteiger partial charge is 0.462 e. The molecule has 0 atom stereocenters. The Balaban J connectivity index is 1.26. The van der Waals surface area contributed by atoms with Gasteiger partial charge in [0, 0.05) is 5.69 Å². The first kappa shape index (κ1) is 25.7. The molecule has 0 saturated heterocycles. The number of esters is 2. The van der Waals surface area contributed by atoms with E-state index in [0.29, 0.717) is 17.0 Å². The van der Waals surface area contributed by atoms with Gasteiger partial charge in [0.1, 0.15) is 16.5 Å². The van der Waals surface area contributed by atoms with Crippen LogP contribution in [0, 0.1) is 0 Å². The quantitative estimate of drug-likeness (QED) is 0.183. The molecule has 1 aliphatic rings. The van der Waals surface area contributed by atoms with Crippen LogP contribution in [0.15, 0.2) is 102 Å². The number of nitrogens with zero attached hydrogens (tertiary/aromatic N) is 1. The van der Waals surface area contributed by atoms with E-state index >= 15 is 0 Å². The summed E-state index contributed by atoms with van der Waals surface area (Å²) in [5.41, 5.74) is 1.16. The molecule has 0 radical (unpaired) electrons. The van der Waals surface area contributed by atoms with Crippen LogP contribution in [0.5, 0.6) is 5.75 Å². The van der Waals surface area contributed by atoms with Crippen LogP contribution in [0.25, 0.3) is 10.8 Å². The van der Waals surface area contributed by atoms with E-state index in [2.05, 4.69) is 5.32 Å². The highest BCUT2D eigenvalue weighted by molar-refractivity contribution is 6.53. The molecule has 1 aliphatic heterocycles. The number of fused-ring (bicyclic) bond motifs is 1. The van der Waals surface area contributed by atoms with Gasteiger partial charge in [0.05, 0.1) is 23.4 Å². The Morgan fingerprint density at radius 3 is 2.13 bits per heavy atom. The van der Waals surface area contributed by atoms with Crippen LogP contribution < -0.4 is 15.0 Å². The van der Waals surface area contributed by atoms with Gasteiger partial charge < -0.3 is 14.8 Å². The standard InChI is InChI=1S/C30H21ClN2O6/c1-2-38-29(36)19-9-14-23(15-10-19)33-27(34)25(31)26(28(33)35)32-22-12-7-20(8-13-22)30(37)39-24-16-11-18-5-3-4-6-21(18)17-24/h3-17,32H,2H2,1H3. The number of benzene rings is 4. The Hall–Kier alpha value is -4.95. The molecule has 4 aromatic carbocycles. The molecule has 1 heterocycles. The van der Waals surface area contributed by atoms with E-state index in [0.717, 1.165) is 15.7 Å². The zero-order valence-electron chi connectivity index (χ0n) is 20.6. The van der Waals surface area contributed by atoms with Gasteiger partial charge in [-0.25, -0.2) is 14.5 Å². The summed E-state index contributed by atoms with van der Waals surface area (Å²) >= 11 is 6.21. The Bertz CT molecular complexity index is 1640. The number of imide groups is 1. The average molecular weight is 541 g/mol. The average Bonchev–Trinajstić information content (AvgIpc) is 3.16. The Labute approximate surface area is 228 Å². The molecular formula is C30H21ClN2O6. The van der Waals surface area contributed by atoms with Crippen molar-refractivity contribution in [3.8, 4) is 5.75 Å². The van der Waals surface area contributed by atoms with Crippen LogP contribution in [-0.4, -0.2) is 30.4 Å². The zero-order valence-corrected chi connectivity index (χ0v) is 21.4. The summed E-state index contributed by atoms with van der Waals surface area (Å²) in [6.07, 6.45) is 0. The maximum atomic E-state index is 13.1. The SMILES string of the molecule is CCOC(=O)c1ccc(N2C(=O)C(Cl)=C(Nc3ccc(C(=O)Oc4ccc5ccccc5c4)cc3)C2=O)cc1. The third kappa shape index (κ3) is 5.23. The molecule has 0 aromatic heterocycles. The van der Waals surface area contributed by atoms with Crippen LogP contribution in [0.2, 0.25) is 0 Å². The summed E-state index contributed by atoms with van der Waals surface area (Å²) in [6.45, 7) is 1.92. The minimum atomic E-state index is -0.705. The summed E-state index contributed by atoms with van der Waals surface area (Å²) in [5.74, 6) is -1.99. The van der Waals surface area contributed by atoms with Gasteiger partial charge in [-0.3, -0.25) is 9.59 Å². The molecule has 2 amide bonds. The van der Waals surface area contributed by atoms with Crippen molar-refractivity contribution >= 4 is 57.5 Å². The lowest BCUT2D eigenvalue weighted by atomic mass is 10.1. The minimum absolute atomic E-state index is 0.109. The molecule has 8 nitrogen and oxygen atoms in total. The number of ether oxygens (including phenoxy) is 2. The summed E-state index contributed by atoms with van der Waals surface area (Å²) in [4.78, 5) is 51.3. The van der Waals surface area contributed by atoms with Crippen molar-refractivity contribution in [2.24, 2.45) is 0 Å². The maximum Gasteiger partial charge on any atom is 0.343 e. The molecule has 0 spiro atoms. The van der Waals surface area contributed by atoms with Crippen LogP contribution in [0.4, 0.5) is 11.4 Å². The lowest BCUT2D eigenvalue weighted by Gasteiger charge is -2.15. The second-order valence-electron chi connectivity index (χ2n) is 8.50. The first-order valence-corrected chi connectivity index (χ1v) is 12.4. The molecule has 39 heavy (non-hydrogen) atoms. The van der Waals surface area contributed by atoms with E-state index in [4.69, 9.17) is 21.1 Å². The molecule has 0 aliphatic carbocycles. The first-order chi connectivity index (χ1) is 18.9. The highest BCUT2D eigenvalue weighted by Crippen LogP contribution is 2.30. The van der Waals surface area contributed by atoms with Crippen molar-refractivity contribution in [1.82, 2.24) is 0 Å². The summed E-state index contributed by atoms with van der Waals surface area (Å²) in [5, 5.41) is 4.57. The fourth-order valence-corrected chi connectivity index (χ4v) is 4.25. The van der Waals surface area contributed by atoms with Gasteiger partial charge in [-0.15, -0.1) is 0 Å². The molecule has 5 rings (SSSR count). The normalized spacial score (nSPS) is 13.1. The fourth-order valence-electron chi connectivity index (χ4n) is 4.04. The van der Waals surface area contributed by atoms with Crippen LogP contribution in [-0.2, 0) is 14.3 Å². The summed E-state index contributed by atoms with van der Waals surface area (Å²) in [7, 11) is 0. The Kier molecular flexibility index (Phi) is 7.12. The molecule has 194 valence electrons. The third-order valence-corrected chi connectivity index (χ3v) is 6.34. The van der Waals surface area contributed by atoms with Crippen molar-refractivity contribution in [1.29, 1.82) is 0 Å². The van der Waals surface area contributed by atoms with E-state index in [1.54, 1.807) is 31.2 Å². The van der Waals surface area contributed by atoms with E-state index in [1.165, 1.54) is 36.4 Å². The topological polar surface area (TPSA) is 102 Å². The number of nitrogens with one attached hydrogen (secondary N) is 1. The molecule has 0 saturated carbocycles. The molecule has 0 bridgehead atoms. The fraction of sp³-hybridized carbons (Fsp3) is 0.0667. The second-order valence-corrected chi connectivity index (χ2v) is 8.88. The molecular weight excluding hydrogens is 520 g/mol. The molecule has 4 aromatic rings. The number of carbonyl (C=O) groups excluding carboxylic acids is 4. The van der Waals surface area contributed by atoms with Crippen molar-refractivity contribution in [3.63, 3.8) is 0 Å². The number of carbonyl (C=O) groups is 4. The minimum Gasteiger partial charge on any atom is -0.462 e. The lowest BCUT2D eigenvalue weighted by molar-refractivity contribution is -0.120. The van der Waals surface area contributed by atoms with Crippen molar-refractivity contribution in [2.45, 2.75) is 6.92 Å². The van der Waals surface area contributed by atoms with Gasteiger partial charge in [0.25, 0.3) is 11.8 Å². The number of rotatable bonds is 7. The second kappa shape index (κ2) is 10.8. The summed E-state index contributed by atoms with van der Waals surface area (Å²) in [6, 6.07) is 25.2. The van der Waals surface area contributed by atoms with E-state index < -0.39 is 23.8 Å². The van der Waals surface area contributed by atoms with E-state index in [-0.39, 0.29) is 28.6 Å². The Morgan fingerprint density at radius 2 is 1.44 bits per heavy atom. The highest BCUT2D eigenvalue weighted by Gasteiger charge is 2.39. The summed E-state index contributed by atoms with van der Waals surface area (Å²) < 4.78 is 10.5. The van der Waals surface area contributed by atoms with Crippen molar-refractivity contribution < 1.29 is 28.7 Å². The monoisotopic (exact) mass is 540 g/mol. The van der Waals surface area contributed by atoms with Crippen molar-refractivity contribution in [2.75, 3.05) is 16.8 Å². The van der Waals surface area contributed by atoms with Crippen LogP contribution in [0.1, 0.15) is 27.6 Å². The van der Waals surface area contributed by atoms with Crippen LogP contribution >= 0.6 is 11.6 Å². The number of hydrogen-bond acceptors (Lipinski definition) is 7. The van der Waals surface area contributed by atoms with Gasteiger partial charge in [-0.05, 0) is 78.4 Å². The highest BCUT2D eigenvalue weighted by atomic mass is 35.5. The predicted molar refractivity (Wildman–Crippen MR) is 147 cm³/mol. The smallest absolute Gasteiger partial charge is 0.343 e.